The van der Waals surface area contributed by atoms with Crippen LogP contribution in [0, 0.1) is 42.3 Å². The van der Waals surface area contributed by atoms with Crippen LogP contribution in [0.5, 0.6) is 5.75 Å². The molecule has 0 unspecified atom stereocenters. The number of hydrogen-bond acceptors (Lipinski definition) is 6. The molecule has 1 N–H and O–H groups in total. The summed E-state index contributed by atoms with van der Waals surface area (Å²) < 4.78 is 20.1. The maximum atomic E-state index is 13.9. The minimum absolute atomic E-state index is 0.0107. The number of benzene rings is 3. The molecule has 1 saturated heterocycles. The average Bonchev–Trinajstić information content (AvgIpc) is 3.72. The molecule has 2 bridgehead atoms. The fraction of sp³-hybridized carbons (Fsp3) is 0.303. The number of ether oxygens (including phenoxy) is 1. The Balaban J connectivity index is 1.18. The molecule has 2 aliphatic carbocycles. The largest absolute Gasteiger partial charge is 0.489 e. The molecule has 2 aliphatic heterocycles. The number of fused-ring (bicyclic) bond motifs is 9. The van der Waals surface area contributed by atoms with Crippen LogP contribution in [0.25, 0.3) is 0 Å². The summed E-state index contributed by atoms with van der Waals surface area (Å²) in [7, 11) is 0. The number of nitrogens with one attached hydrogen (secondary N) is 1. The fourth-order valence-electron chi connectivity index (χ4n) is 7.92. The van der Waals surface area contributed by atoms with Gasteiger partial charge in [0.15, 0.2) is 0 Å². The number of amides is 2. The van der Waals surface area contributed by atoms with Gasteiger partial charge in [-0.1, -0.05) is 59.4 Å². The molecule has 9 heteroatoms. The van der Waals surface area contributed by atoms with Crippen LogP contribution in [-0.2, 0) is 16.2 Å². The van der Waals surface area contributed by atoms with Crippen LogP contribution in [0.4, 0.5) is 10.1 Å². The maximum Gasteiger partial charge on any atom is 0.305 e. The molecule has 6 nitrogen and oxygen atoms in total. The van der Waals surface area contributed by atoms with Gasteiger partial charge in [-0.3, -0.25) is 19.3 Å². The normalized spacial score (nSPS) is 29.0. The van der Waals surface area contributed by atoms with E-state index >= 15 is 0 Å². The molecule has 2 amide bonds. The van der Waals surface area contributed by atoms with E-state index in [9.17, 15) is 18.8 Å². The van der Waals surface area contributed by atoms with E-state index in [2.05, 4.69) is 42.2 Å². The fourth-order valence-corrected chi connectivity index (χ4v) is 10.8. The van der Waals surface area contributed by atoms with Crippen LogP contribution in [-0.4, -0.2) is 22.0 Å². The smallest absolute Gasteiger partial charge is 0.305 e. The monoisotopic (exact) mass is 598 g/mol. The van der Waals surface area contributed by atoms with Crippen LogP contribution < -0.4 is 14.5 Å². The summed E-state index contributed by atoms with van der Waals surface area (Å²) in [5, 5.41) is 0.940. The zero-order valence-corrected chi connectivity index (χ0v) is 24.3. The lowest BCUT2D eigenvalue weighted by molar-refractivity contribution is -0.123. The molecular weight excluding hydrogens is 572 g/mol. The lowest BCUT2D eigenvalue weighted by Crippen LogP contribution is -2.42. The molecule has 3 aromatic carbocycles. The second-order valence-electron chi connectivity index (χ2n) is 11.8. The summed E-state index contributed by atoms with van der Waals surface area (Å²) in [5.74, 6) is -0.923. The van der Waals surface area contributed by atoms with Gasteiger partial charge in [-0.2, -0.15) is 0 Å². The standard InChI is InChI=1S/C33H27FN2O4S2/c1-16-6-8-17(9-7-16)15-40-23-5-3-2-4-20(23)24-25-21-14-22(28(25)41-30-29(24)42-33(39)35-30)27-26(21)31(37)36(32(27)38)19-12-10-18(34)11-13-19/h2-13,21-22,24-28H,14-15H2,1H3,(H,35,39)/t21-,22-,24+,25+,26+,27+,28-/m1/s1. The summed E-state index contributed by atoms with van der Waals surface area (Å²) >= 11 is 2.90. The molecule has 42 heavy (non-hydrogen) atoms. The third-order valence-electron chi connectivity index (χ3n) is 9.58. The molecule has 4 aliphatic rings. The van der Waals surface area contributed by atoms with Gasteiger partial charge in [0.25, 0.3) is 0 Å². The molecular formula is C33H27FN2O4S2. The van der Waals surface area contributed by atoms with E-state index in [0.717, 1.165) is 33.2 Å². The van der Waals surface area contributed by atoms with Gasteiger partial charge in [0.2, 0.25) is 11.8 Å². The number of hydrogen-bond donors (Lipinski definition) is 1. The number of halogens is 1. The third kappa shape index (κ3) is 3.86. The van der Waals surface area contributed by atoms with Crippen molar-refractivity contribution in [1.82, 2.24) is 4.98 Å². The van der Waals surface area contributed by atoms with Crippen molar-refractivity contribution in [2.75, 3.05) is 4.90 Å². The molecule has 1 aromatic heterocycles. The number of H-pyrrole nitrogens is 1. The Morgan fingerprint density at radius 1 is 0.929 bits per heavy atom. The van der Waals surface area contributed by atoms with Crippen molar-refractivity contribution in [3.63, 3.8) is 0 Å². The highest BCUT2D eigenvalue weighted by atomic mass is 32.2. The van der Waals surface area contributed by atoms with Gasteiger partial charge in [0, 0.05) is 21.6 Å². The van der Waals surface area contributed by atoms with Gasteiger partial charge >= 0.3 is 4.87 Å². The van der Waals surface area contributed by atoms with E-state index in [1.165, 1.54) is 46.1 Å². The maximum absolute atomic E-state index is 13.9. The van der Waals surface area contributed by atoms with Crippen molar-refractivity contribution < 1.29 is 18.7 Å². The second kappa shape index (κ2) is 9.67. The van der Waals surface area contributed by atoms with Crippen molar-refractivity contribution in [2.24, 2.45) is 29.6 Å². The minimum atomic E-state index is -0.422. The Labute approximate surface area is 249 Å². The second-order valence-corrected chi connectivity index (χ2v) is 14.0. The first kappa shape index (κ1) is 26.0. The van der Waals surface area contributed by atoms with Gasteiger partial charge in [-0.05, 0) is 67.0 Å². The first-order valence-corrected chi connectivity index (χ1v) is 15.9. The number of nitrogens with zero attached hydrogens (tertiary/aromatic N) is 1. The lowest BCUT2D eigenvalue weighted by Gasteiger charge is -2.43. The van der Waals surface area contributed by atoms with E-state index in [1.54, 1.807) is 11.8 Å². The third-order valence-corrected chi connectivity index (χ3v) is 12.2. The predicted octanol–water partition coefficient (Wildman–Crippen LogP) is 6.14. The quantitative estimate of drug-likeness (QED) is 0.279. The Morgan fingerprint density at radius 3 is 2.40 bits per heavy atom. The van der Waals surface area contributed by atoms with Crippen molar-refractivity contribution in [3.05, 3.63) is 110 Å². The van der Waals surface area contributed by atoms with E-state index in [0.29, 0.717) is 12.3 Å². The number of para-hydroxylation sites is 1. The Morgan fingerprint density at radius 2 is 1.64 bits per heavy atom. The zero-order valence-electron chi connectivity index (χ0n) is 22.7. The number of thiazole rings is 1. The van der Waals surface area contributed by atoms with Gasteiger partial charge < -0.3 is 9.72 Å². The number of carbonyl (C=O) groups excluding carboxylic acids is 2. The van der Waals surface area contributed by atoms with Gasteiger partial charge in [-0.15, -0.1) is 11.8 Å². The van der Waals surface area contributed by atoms with Crippen LogP contribution in [0.2, 0.25) is 0 Å². The Bertz CT molecular complexity index is 1780. The topological polar surface area (TPSA) is 79.5 Å². The number of aryl methyl sites for hydroxylation is 1. The Hall–Kier alpha value is -3.69. The van der Waals surface area contributed by atoms with E-state index in [-0.39, 0.29) is 45.6 Å². The molecule has 3 heterocycles. The molecule has 0 radical (unpaired) electrons. The van der Waals surface area contributed by atoms with E-state index in [1.807, 2.05) is 18.2 Å². The number of imide groups is 1. The Kier molecular flexibility index (Phi) is 5.98. The van der Waals surface area contributed by atoms with Crippen LogP contribution in [0.15, 0.2) is 82.6 Å². The molecule has 8 rings (SSSR count). The lowest BCUT2D eigenvalue weighted by atomic mass is 9.68. The summed E-state index contributed by atoms with van der Waals surface area (Å²) in [6.07, 6.45) is 0.800. The van der Waals surface area contributed by atoms with Crippen LogP contribution in [0.1, 0.15) is 33.9 Å². The van der Waals surface area contributed by atoms with Crippen LogP contribution >= 0.6 is 23.1 Å². The number of rotatable bonds is 5. The van der Waals surface area contributed by atoms with Crippen molar-refractivity contribution in [2.45, 2.75) is 36.1 Å². The van der Waals surface area contributed by atoms with Crippen molar-refractivity contribution >= 4 is 40.6 Å². The molecule has 7 atom stereocenters. The van der Waals surface area contributed by atoms with Crippen LogP contribution in [0.3, 0.4) is 0 Å². The molecule has 3 fully saturated rings. The summed E-state index contributed by atoms with van der Waals surface area (Å²) in [4.78, 5) is 45.6. The number of carbonyl (C=O) groups is 2. The number of aromatic nitrogens is 1. The summed E-state index contributed by atoms with van der Waals surface area (Å²) in [5.41, 5.74) is 3.68. The molecule has 2 saturated carbocycles. The summed E-state index contributed by atoms with van der Waals surface area (Å²) in [6.45, 7) is 2.47. The first-order valence-electron chi connectivity index (χ1n) is 14.2. The van der Waals surface area contributed by atoms with Gasteiger partial charge in [0.05, 0.1) is 22.5 Å². The highest BCUT2D eigenvalue weighted by Gasteiger charge is 2.69. The molecule has 212 valence electrons. The van der Waals surface area contributed by atoms with Crippen molar-refractivity contribution in [1.29, 1.82) is 0 Å². The van der Waals surface area contributed by atoms with Crippen molar-refractivity contribution in [3.8, 4) is 5.75 Å². The first-order chi connectivity index (χ1) is 20.4. The highest BCUT2D eigenvalue weighted by molar-refractivity contribution is 8.00. The molecule has 0 spiro atoms. The number of anilines is 1. The predicted molar refractivity (Wildman–Crippen MR) is 159 cm³/mol. The average molecular weight is 599 g/mol. The van der Waals surface area contributed by atoms with Gasteiger partial charge in [-0.25, -0.2) is 4.39 Å². The molecule has 4 aromatic rings. The van der Waals surface area contributed by atoms with Gasteiger partial charge in [0.1, 0.15) is 18.2 Å². The zero-order chi connectivity index (χ0) is 28.7. The highest BCUT2D eigenvalue weighted by Crippen LogP contribution is 2.69. The minimum Gasteiger partial charge on any atom is -0.489 e. The number of thioether (sulfide) groups is 1. The van der Waals surface area contributed by atoms with E-state index < -0.39 is 17.7 Å². The van der Waals surface area contributed by atoms with E-state index in [4.69, 9.17) is 4.74 Å². The summed E-state index contributed by atoms with van der Waals surface area (Å²) in [6, 6.07) is 21.8. The number of aromatic amines is 1. The SMILES string of the molecule is Cc1ccc(COc2ccccc2[C@@H]2c3sc(=O)[nH]c3S[C@@H]3[C@@H]4C[C@@H]([C@@H]5C(=O)N(c6ccc(F)cc6)C(=O)[C@@H]45)[C@@H]23)cc1.